The maximum absolute atomic E-state index is 13.7. The van der Waals surface area contributed by atoms with E-state index in [9.17, 15) is 4.39 Å². The highest BCUT2D eigenvalue weighted by atomic mass is 32.1. The Labute approximate surface area is 131 Å². The molecular formula is C14H16FN5OS. The Hall–Kier alpha value is -2.06. The molecule has 2 aromatic heterocycles. The minimum atomic E-state index is -0.560. The van der Waals surface area contributed by atoms with Crippen LogP contribution in [0.3, 0.4) is 0 Å². The van der Waals surface area contributed by atoms with Crippen molar-refractivity contribution in [3.8, 4) is 6.01 Å². The van der Waals surface area contributed by atoms with Crippen LogP contribution in [0, 0.1) is 5.82 Å². The molecular weight excluding hydrogens is 305 g/mol. The van der Waals surface area contributed by atoms with Crippen molar-refractivity contribution in [3.63, 3.8) is 0 Å². The summed E-state index contributed by atoms with van der Waals surface area (Å²) in [6, 6.07) is 4.03. The molecule has 0 atom stereocenters. The molecule has 1 fully saturated rings. The van der Waals surface area contributed by atoms with Gasteiger partial charge in [0.05, 0.1) is 12.5 Å². The van der Waals surface area contributed by atoms with Gasteiger partial charge in [0.2, 0.25) is 0 Å². The summed E-state index contributed by atoms with van der Waals surface area (Å²) in [5.74, 6) is -0.565. The molecule has 0 amide bonds. The SMILES string of the molecule is Fc1cnc(OCc2cccs2)nc1N=CN1CCNCC1. The van der Waals surface area contributed by atoms with E-state index >= 15 is 0 Å². The molecule has 0 spiro atoms. The molecule has 0 bridgehead atoms. The molecule has 1 aliphatic rings. The highest BCUT2D eigenvalue weighted by molar-refractivity contribution is 7.09. The second-order valence-corrected chi connectivity index (χ2v) is 5.75. The highest BCUT2D eigenvalue weighted by Gasteiger charge is 2.09. The molecule has 0 aromatic carbocycles. The summed E-state index contributed by atoms with van der Waals surface area (Å²) in [4.78, 5) is 15.0. The molecule has 6 nitrogen and oxygen atoms in total. The van der Waals surface area contributed by atoms with E-state index in [0.29, 0.717) is 6.61 Å². The number of ether oxygens (including phenoxy) is 1. The predicted octanol–water partition coefficient (Wildman–Crippen LogP) is 1.82. The van der Waals surface area contributed by atoms with Crippen LogP contribution in [0.4, 0.5) is 10.2 Å². The molecule has 3 heterocycles. The van der Waals surface area contributed by atoms with Crippen molar-refractivity contribution in [2.24, 2.45) is 4.99 Å². The van der Waals surface area contributed by atoms with Gasteiger partial charge >= 0.3 is 6.01 Å². The molecule has 2 aromatic rings. The summed E-state index contributed by atoms with van der Waals surface area (Å²) in [7, 11) is 0. The van der Waals surface area contributed by atoms with Crippen molar-refractivity contribution >= 4 is 23.5 Å². The van der Waals surface area contributed by atoms with E-state index in [2.05, 4.69) is 20.3 Å². The van der Waals surface area contributed by atoms with Crippen LogP contribution < -0.4 is 10.1 Å². The van der Waals surface area contributed by atoms with Crippen LogP contribution in [-0.4, -0.2) is 47.4 Å². The molecule has 1 N–H and O–H groups in total. The zero-order chi connectivity index (χ0) is 15.2. The first kappa shape index (κ1) is 14.9. The molecule has 0 aliphatic carbocycles. The number of halogens is 1. The summed E-state index contributed by atoms with van der Waals surface area (Å²) >= 11 is 1.58. The van der Waals surface area contributed by atoms with Crippen molar-refractivity contribution in [2.75, 3.05) is 26.2 Å². The van der Waals surface area contributed by atoms with Crippen molar-refractivity contribution in [2.45, 2.75) is 6.61 Å². The van der Waals surface area contributed by atoms with E-state index in [1.165, 1.54) is 0 Å². The van der Waals surface area contributed by atoms with E-state index < -0.39 is 5.82 Å². The first-order valence-electron chi connectivity index (χ1n) is 6.98. The average molecular weight is 321 g/mol. The van der Waals surface area contributed by atoms with Gasteiger partial charge in [-0.3, -0.25) is 0 Å². The lowest BCUT2D eigenvalue weighted by molar-refractivity contribution is 0.283. The topological polar surface area (TPSA) is 62.6 Å². The lowest BCUT2D eigenvalue weighted by atomic mass is 10.4. The lowest BCUT2D eigenvalue weighted by Crippen LogP contribution is -2.42. The van der Waals surface area contributed by atoms with Crippen molar-refractivity contribution in [1.29, 1.82) is 0 Å². The quantitative estimate of drug-likeness (QED) is 0.672. The van der Waals surface area contributed by atoms with Crippen LogP contribution >= 0.6 is 11.3 Å². The molecule has 3 rings (SSSR count). The zero-order valence-electron chi connectivity index (χ0n) is 11.9. The molecule has 22 heavy (non-hydrogen) atoms. The summed E-state index contributed by atoms with van der Waals surface area (Å²) in [6.07, 6.45) is 2.70. The summed E-state index contributed by atoms with van der Waals surface area (Å²) in [5.41, 5.74) is 0. The Bertz CT molecular complexity index is 628. The fraction of sp³-hybridized carbons (Fsp3) is 0.357. The van der Waals surface area contributed by atoms with Gasteiger partial charge in [-0.15, -0.1) is 11.3 Å². The smallest absolute Gasteiger partial charge is 0.318 e. The second kappa shape index (κ2) is 7.28. The van der Waals surface area contributed by atoms with Crippen LogP contribution in [0.1, 0.15) is 4.88 Å². The third-order valence-electron chi connectivity index (χ3n) is 3.12. The second-order valence-electron chi connectivity index (χ2n) is 4.72. The van der Waals surface area contributed by atoms with Crippen LogP contribution in [0.15, 0.2) is 28.7 Å². The Morgan fingerprint density at radius 2 is 2.32 bits per heavy atom. The Morgan fingerprint density at radius 1 is 1.45 bits per heavy atom. The normalized spacial score (nSPS) is 15.4. The van der Waals surface area contributed by atoms with Gasteiger partial charge in [-0.1, -0.05) is 6.07 Å². The van der Waals surface area contributed by atoms with E-state index in [1.807, 2.05) is 22.4 Å². The standard InChI is InChI=1S/C14H16FN5OS/c15-12-8-17-14(21-9-11-2-1-7-22-11)19-13(12)18-10-20-5-3-16-4-6-20/h1-2,7-8,10,16H,3-6,9H2. The Morgan fingerprint density at radius 3 is 3.09 bits per heavy atom. The van der Waals surface area contributed by atoms with E-state index in [0.717, 1.165) is 37.3 Å². The van der Waals surface area contributed by atoms with Crippen molar-refractivity contribution < 1.29 is 9.13 Å². The fourth-order valence-electron chi connectivity index (χ4n) is 1.97. The van der Waals surface area contributed by atoms with Crippen molar-refractivity contribution in [1.82, 2.24) is 20.2 Å². The first-order valence-corrected chi connectivity index (χ1v) is 7.86. The maximum Gasteiger partial charge on any atom is 0.318 e. The van der Waals surface area contributed by atoms with Crippen LogP contribution in [0.5, 0.6) is 6.01 Å². The Kier molecular flexibility index (Phi) is 4.92. The molecule has 1 aliphatic heterocycles. The average Bonchev–Trinajstić information content (AvgIpc) is 3.07. The van der Waals surface area contributed by atoms with E-state index in [-0.39, 0.29) is 11.8 Å². The van der Waals surface area contributed by atoms with Gasteiger partial charge in [-0.25, -0.2) is 14.4 Å². The minimum Gasteiger partial charge on any atom is -0.458 e. The third kappa shape index (κ3) is 3.99. The van der Waals surface area contributed by atoms with Gasteiger partial charge < -0.3 is 15.0 Å². The summed E-state index contributed by atoms with van der Waals surface area (Å²) < 4.78 is 19.2. The van der Waals surface area contributed by atoms with Crippen LogP contribution in [-0.2, 0) is 6.61 Å². The number of nitrogens with one attached hydrogen (secondary N) is 1. The number of hydrogen-bond acceptors (Lipinski definition) is 6. The van der Waals surface area contributed by atoms with Crippen LogP contribution in [0.25, 0.3) is 0 Å². The maximum atomic E-state index is 13.7. The van der Waals surface area contributed by atoms with Gasteiger partial charge in [0.25, 0.3) is 0 Å². The monoisotopic (exact) mass is 321 g/mol. The number of rotatable bonds is 5. The predicted molar refractivity (Wildman–Crippen MR) is 83.2 cm³/mol. The number of aliphatic imine (C=N–C) groups is 1. The lowest BCUT2D eigenvalue weighted by Gasteiger charge is -2.24. The number of piperazine rings is 1. The number of aromatic nitrogens is 2. The molecule has 0 unspecified atom stereocenters. The van der Waals surface area contributed by atoms with E-state index in [1.54, 1.807) is 17.7 Å². The minimum absolute atomic E-state index is 0.00490. The molecule has 116 valence electrons. The highest BCUT2D eigenvalue weighted by Crippen LogP contribution is 2.18. The third-order valence-corrected chi connectivity index (χ3v) is 3.97. The van der Waals surface area contributed by atoms with Gasteiger partial charge in [-0.05, 0) is 11.4 Å². The number of nitrogens with zero attached hydrogens (tertiary/aromatic N) is 4. The summed E-state index contributed by atoms with van der Waals surface area (Å²) in [5, 5.41) is 5.21. The van der Waals surface area contributed by atoms with Gasteiger partial charge in [0.1, 0.15) is 6.61 Å². The van der Waals surface area contributed by atoms with Gasteiger partial charge in [-0.2, -0.15) is 4.98 Å². The first-order chi connectivity index (χ1) is 10.8. The van der Waals surface area contributed by atoms with Crippen molar-refractivity contribution in [3.05, 3.63) is 34.4 Å². The molecule has 0 saturated carbocycles. The molecule has 1 saturated heterocycles. The zero-order valence-corrected chi connectivity index (χ0v) is 12.7. The molecule has 8 heteroatoms. The van der Waals surface area contributed by atoms with E-state index in [4.69, 9.17) is 4.74 Å². The fourth-order valence-corrected chi connectivity index (χ4v) is 2.58. The van der Waals surface area contributed by atoms with Crippen LogP contribution in [0.2, 0.25) is 0 Å². The van der Waals surface area contributed by atoms with Gasteiger partial charge in [0, 0.05) is 31.1 Å². The number of hydrogen-bond donors (Lipinski definition) is 1. The Balaban J connectivity index is 1.65. The largest absolute Gasteiger partial charge is 0.458 e. The number of thiophene rings is 1. The summed E-state index contributed by atoms with van der Waals surface area (Å²) in [6.45, 7) is 3.85. The molecule has 0 radical (unpaired) electrons. The van der Waals surface area contributed by atoms with Gasteiger partial charge in [0.15, 0.2) is 11.6 Å².